The maximum absolute atomic E-state index is 4.46. The zero-order valence-electron chi connectivity index (χ0n) is 18.0. The third-order valence-electron chi connectivity index (χ3n) is 5.31. The molecular formula is C23H34IN5. The van der Waals surface area contributed by atoms with Crippen LogP contribution in [0.2, 0.25) is 0 Å². The Bertz CT molecular complexity index is 760. The third-order valence-corrected chi connectivity index (χ3v) is 5.31. The van der Waals surface area contributed by atoms with E-state index in [0.29, 0.717) is 6.04 Å². The monoisotopic (exact) mass is 507 g/mol. The van der Waals surface area contributed by atoms with E-state index in [9.17, 15) is 0 Å². The first kappa shape index (κ1) is 23.4. The van der Waals surface area contributed by atoms with Crippen molar-refractivity contribution in [1.29, 1.82) is 0 Å². The maximum Gasteiger partial charge on any atom is 0.191 e. The second-order valence-electron chi connectivity index (χ2n) is 8.47. The lowest BCUT2D eigenvalue weighted by Gasteiger charge is -2.33. The summed E-state index contributed by atoms with van der Waals surface area (Å²) in [6, 6.07) is 15.4. The van der Waals surface area contributed by atoms with E-state index in [1.807, 2.05) is 25.4 Å². The summed E-state index contributed by atoms with van der Waals surface area (Å²) < 4.78 is 0. The Hall–Kier alpha value is -1.83. The molecule has 0 bridgehead atoms. The fourth-order valence-corrected chi connectivity index (χ4v) is 3.49. The van der Waals surface area contributed by atoms with E-state index in [0.717, 1.165) is 44.3 Å². The van der Waals surface area contributed by atoms with Gasteiger partial charge in [0.2, 0.25) is 0 Å². The van der Waals surface area contributed by atoms with Gasteiger partial charge in [0.1, 0.15) is 5.82 Å². The summed E-state index contributed by atoms with van der Waals surface area (Å²) in [6.07, 6.45) is 4.02. The molecule has 2 aromatic rings. The highest BCUT2D eigenvalue weighted by Crippen LogP contribution is 2.22. The molecule has 0 radical (unpaired) electrons. The van der Waals surface area contributed by atoms with Gasteiger partial charge in [-0.1, -0.05) is 51.1 Å². The van der Waals surface area contributed by atoms with Gasteiger partial charge in [0.15, 0.2) is 5.96 Å². The van der Waals surface area contributed by atoms with Crippen LogP contribution in [0.15, 0.2) is 53.7 Å². The number of nitrogens with one attached hydrogen (secondary N) is 2. The Morgan fingerprint density at radius 2 is 1.79 bits per heavy atom. The fraction of sp³-hybridized carbons (Fsp3) is 0.478. The number of rotatable bonds is 4. The van der Waals surface area contributed by atoms with Crippen LogP contribution in [0.3, 0.4) is 0 Å². The van der Waals surface area contributed by atoms with Crippen molar-refractivity contribution in [3.8, 4) is 0 Å². The molecule has 158 valence electrons. The summed E-state index contributed by atoms with van der Waals surface area (Å²) in [5.41, 5.74) is 2.81. The fourth-order valence-electron chi connectivity index (χ4n) is 3.49. The summed E-state index contributed by atoms with van der Waals surface area (Å²) in [5, 5.41) is 7.02. The van der Waals surface area contributed by atoms with Crippen molar-refractivity contribution >= 4 is 35.8 Å². The van der Waals surface area contributed by atoms with Gasteiger partial charge >= 0.3 is 0 Å². The van der Waals surface area contributed by atoms with Crippen LogP contribution in [0, 0.1) is 0 Å². The van der Waals surface area contributed by atoms with Crippen LogP contribution in [0.25, 0.3) is 0 Å². The molecule has 1 saturated heterocycles. The van der Waals surface area contributed by atoms with E-state index in [-0.39, 0.29) is 29.4 Å². The van der Waals surface area contributed by atoms with Crippen molar-refractivity contribution in [3.05, 3.63) is 59.8 Å². The van der Waals surface area contributed by atoms with Crippen molar-refractivity contribution < 1.29 is 0 Å². The van der Waals surface area contributed by atoms with Crippen molar-refractivity contribution in [2.24, 2.45) is 4.99 Å². The second kappa shape index (κ2) is 10.8. The number of pyridine rings is 1. The molecule has 0 atom stereocenters. The molecule has 1 aromatic carbocycles. The SMILES string of the molecule is CN=C(NCc1ccc(C(C)(C)C)cc1)NC1CCN(c2ccccn2)CC1.I. The lowest BCUT2D eigenvalue weighted by Crippen LogP contribution is -2.48. The number of benzene rings is 1. The molecule has 0 spiro atoms. The molecule has 1 aliphatic heterocycles. The lowest BCUT2D eigenvalue weighted by molar-refractivity contribution is 0.459. The number of aromatic nitrogens is 1. The predicted octanol–water partition coefficient (Wildman–Crippen LogP) is 4.33. The minimum Gasteiger partial charge on any atom is -0.356 e. The van der Waals surface area contributed by atoms with Gasteiger partial charge in [-0.25, -0.2) is 4.98 Å². The minimum atomic E-state index is 0. The number of anilines is 1. The summed E-state index contributed by atoms with van der Waals surface area (Å²) in [6.45, 7) is 9.53. The summed E-state index contributed by atoms with van der Waals surface area (Å²) in [5.74, 6) is 1.94. The van der Waals surface area contributed by atoms with Crippen LogP contribution in [0.1, 0.15) is 44.7 Å². The molecule has 1 fully saturated rings. The molecule has 0 amide bonds. The van der Waals surface area contributed by atoms with Gasteiger partial charge in [0.25, 0.3) is 0 Å². The van der Waals surface area contributed by atoms with E-state index in [2.05, 4.69) is 76.6 Å². The van der Waals surface area contributed by atoms with Gasteiger partial charge in [0.05, 0.1) is 0 Å². The Morgan fingerprint density at radius 1 is 1.10 bits per heavy atom. The summed E-state index contributed by atoms with van der Waals surface area (Å²) in [4.78, 5) is 11.2. The Labute approximate surface area is 192 Å². The van der Waals surface area contributed by atoms with Crippen LogP contribution in [0.4, 0.5) is 5.82 Å². The third kappa shape index (κ3) is 6.87. The number of aliphatic imine (C=N–C) groups is 1. The van der Waals surface area contributed by atoms with E-state index >= 15 is 0 Å². The predicted molar refractivity (Wildman–Crippen MR) is 133 cm³/mol. The van der Waals surface area contributed by atoms with Gasteiger partial charge in [-0.2, -0.15) is 0 Å². The van der Waals surface area contributed by atoms with Crippen LogP contribution in [0.5, 0.6) is 0 Å². The number of nitrogens with zero attached hydrogens (tertiary/aromatic N) is 3. The Kier molecular flexibility index (Phi) is 8.74. The van der Waals surface area contributed by atoms with Crippen molar-refractivity contribution in [2.75, 3.05) is 25.0 Å². The molecule has 2 N–H and O–H groups in total. The standard InChI is InChI=1S/C23H33N5.HI/c1-23(2,3)19-10-8-18(9-11-19)17-26-22(24-4)27-20-12-15-28(16-13-20)21-7-5-6-14-25-21;/h5-11,14,20H,12-13,15-17H2,1-4H3,(H2,24,26,27);1H. The van der Waals surface area contributed by atoms with Crippen molar-refractivity contribution in [3.63, 3.8) is 0 Å². The summed E-state index contributed by atoms with van der Waals surface area (Å²) >= 11 is 0. The number of piperidine rings is 1. The molecule has 1 aliphatic rings. The number of halogens is 1. The highest BCUT2D eigenvalue weighted by Gasteiger charge is 2.20. The van der Waals surface area contributed by atoms with E-state index < -0.39 is 0 Å². The van der Waals surface area contributed by atoms with Gasteiger partial charge in [0, 0.05) is 38.9 Å². The van der Waals surface area contributed by atoms with E-state index in [1.54, 1.807) is 0 Å². The average molecular weight is 507 g/mol. The molecule has 0 aliphatic carbocycles. The molecule has 0 saturated carbocycles. The topological polar surface area (TPSA) is 52.6 Å². The highest BCUT2D eigenvalue weighted by molar-refractivity contribution is 14.0. The van der Waals surface area contributed by atoms with Gasteiger partial charge in [-0.3, -0.25) is 4.99 Å². The van der Waals surface area contributed by atoms with Crippen molar-refractivity contribution in [2.45, 2.75) is 51.6 Å². The smallest absolute Gasteiger partial charge is 0.191 e. The molecule has 6 heteroatoms. The molecule has 1 aromatic heterocycles. The number of hydrogen-bond donors (Lipinski definition) is 2. The molecule has 2 heterocycles. The average Bonchev–Trinajstić information content (AvgIpc) is 2.72. The second-order valence-corrected chi connectivity index (χ2v) is 8.47. The van der Waals surface area contributed by atoms with Crippen LogP contribution < -0.4 is 15.5 Å². The Morgan fingerprint density at radius 3 is 2.34 bits per heavy atom. The largest absolute Gasteiger partial charge is 0.356 e. The first-order valence-corrected chi connectivity index (χ1v) is 10.2. The van der Waals surface area contributed by atoms with E-state index in [4.69, 9.17) is 0 Å². The number of guanidine groups is 1. The molecule has 5 nitrogen and oxygen atoms in total. The van der Waals surface area contributed by atoms with Gasteiger partial charge in [-0.15, -0.1) is 24.0 Å². The van der Waals surface area contributed by atoms with Crippen molar-refractivity contribution in [1.82, 2.24) is 15.6 Å². The van der Waals surface area contributed by atoms with Crippen LogP contribution >= 0.6 is 24.0 Å². The van der Waals surface area contributed by atoms with E-state index in [1.165, 1.54) is 11.1 Å². The zero-order valence-corrected chi connectivity index (χ0v) is 20.3. The molecule has 29 heavy (non-hydrogen) atoms. The molecule has 3 rings (SSSR count). The minimum absolute atomic E-state index is 0. The van der Waals surface area contributed by atoms with Crippen LogP contribution in [-0.2, 0) is 12.0 Å². The maximum atomic E-state index is 4.46. The quantitative estimate of drug-likeness (QED) is 0.368. The van der Waals surface area contributed by atoms with Gasteiger partial charge < -0.3 is 15.5 Å². The normalized spacial score (nSPS) is 15.6. The zero-order chi connectivity index (χ0) is 20.0. The Balaban J connectivity index is 0.00000300. The lowest BCUT2D eigenvalue weighted by atomic mass is 9.87. The summed E-state index contributed by atoms with van der Waals surface area (Å²) in [7, 11) is 1.83. The van der Waals surface area contributed by atoms with Gasteiger partial charge in [-0.05, 0) is 41.5 Å². The first-order valence-electron chi connectivity index (χ1n) is 10.2. The molecule has 0 unspecified atom stereocenters. The van der Waals surface area contributed by atoms with Crippen LogP contribution in [-0.4, -0.2) is 37.1 Å². The number of hydrogen-bond acceptors (Lipinski definition) is 3. The highest BCUT2D eigenvalue weighted by atomic mass is 127. The first-order chi connectivity index (χ1) is 13.5. The molecular weight excluding hydrogens is 473 g/mol.